The predicted octanol–water partition coefficient (Wildman–Crippen LogP) is 3.14. The lowest BCUT2D eigenvalue weighted by molar-refractivity contribution is 0.0128. The number of carbonyl (C=O) groups excluding carboxylic acids is 1. The Kier molecular flexibility index (Phi) is 9.97. The van der Waals surface area contributed by atoms with Crippen molar-refractivity contribution in [3.8, 4) is 11.1 Å². The molecule has 3 rings (SSSR count). The Morgan fingerprint density at radius 1 is 0.812 bits per heavy atom. The van der Waals surface area contributed by atoms with Gasteiger partial charge in [0.25, 0.3) is 0 Å². The summed E-state index contributed by atoms with van der Waals surface area (Å²) in [4.78, 5) is 14.2. The molecule has 0 aliphatic heterocycles. The minimum atomic E-state index is -0.429. The van der Waals surface area contributed by atoms with E-state index in [4.69, 9.17) is 18.9 Å². The summed E-state index contributed by atoms with van der Waals surface area (Å²) in [6.45, 7) is 4.83. The van der Waals surface area contributed by atoms with E-state index in [1.165, 1.54) is 22.3 Å². The highest BCUT2D eigenvalue weighted by molar-refractivity contribution is 5.79. The van der Waals surface area contributed by atoms with E-state index in [0.29, 0.717) is 52.8 Å². The van der Waals surface area contributed by atoms with Crippen LogP contribution in [0.5, 0.6) is 0 Å². The zero-order valence-electron chi connectivity index (χ0n) is 19.0. The summed E-state index contributed by atoms with van der Waals surface area (Å²) in [7, 11) is 4.03. The molecular weight excluding hydrogens is 408 g/mol. The highest BCUT2D eigenvalue weighted by Gasteiger charge is 2.28. The molecule has 0 saturated heterocycles. The molecular formula is C25H34N2O5. The van der Waals surface area contributed by atoms with Crippen LogP contribution >= 0.6 is 0 Å². The number of rotatable bonds is 14. The fraction of sp³-hybridized carbons (Fsp3) is 0.480. The van der Waals surface area contributed by atoms with Gasteiger partial charge in [-0.3, -0.25) is 0 Å². The number of carbonyl (C=O) groups is 1. The van der Waals surface area contributed by atoms with Gasteiger partial charge in [-0.1, -0.05) is 48.5 Å². The van der Waals surface area contributed by atoms with E-state index in [0.717, 1.165) is 6.54 Å². The Morgan fingerprint density at radius 3 is 1.94 bits per heavy atom. The van der Waals surface area contributed by atoms with Crippen molar-refractivity contribution in [1.82, 2.24) is 10.2 Å². The van der Waals surface area contributed by atoms with Gasteiger partial charge in [-0.2, -0.15) is 0 Å². The third-order valence-electron chi connectivity index (χ3n) is 5.29. The average Bonchev–Trinajstić information content (AvgIpc) is 3.12. The first kappa shape index (κ1) is 24.2. The number of ether oxygens (including phenoxy) is 4. The first-order valence-electron chi connectivity index (χ1n) is 11.1. The fourth-order valence-electron chi connectivity index (χ4n) is 3.66. The van der Waals surface area contributed by atoms with Gasteiger partial charge in [0.05, 0.1) is 39.6 Å². The molecule has 0 aromatic heterocycles. The summed E-state index contributed by atoms with van der Waals surface area (Å²) in [5.41, 5.74) is 4.83. The van der Waals surface area contributed by atoms with Crippen LogP contribution in [-0.4, -0.2) is 84.4 Å². The van der Waals surface area contributed by atoms with Crippen LogP contribution in [0.4, 0.5) is 4.79 Å². The van der Waals surface area contributed by atoms with Gasteiger partial charge in [0.15, 0.2) is 0 Å². The van der Waals surface area contributed by atoms with Crippen LogP contribution in [-0.2, 0) is 18.9 Å². The summed E-state index contributed by atoms with van der Waals surface area (Å²) in [5.74, 6) is 0.0633. The molecule has 0 bridgehead atoms. The van der Waals surface area contributed by atoms with E-state index in [1.54, 1.807) is 0 Å². The molecule has 1 aliphatic rings. The number of amides is 1. The van der Waals surface area contributed by atoms with Crippen molar-refractivity contribution < 1.29 is 23.7 Å². The van der Waals surface area contributed by atoms with Crippen molar-refractivity contribution in [2.75, 3.05) is 73.4 Å². The fourth-order valence-corrected chi connectivity index (χ4v) is 3.66. The summed E-state index contributed by atoms with van der Waals surface area (Å²) >= 11 is 0. The molecule has 0 spiro atoms. The van der Waals surface area contributed by atoms with Crippen LogP contribution in [0.3, 0.4) is 0 Å². The van der Waals surface area contributed by atoms with Crippen molar-refractivity contribution in [2.24, 2.45) is 0 Å². The molecule has 0 saturated carbocycles. The van der Waals surface area contributed by atoms with Gasteiger partial charge in [0.2, 0.25) is 0 Å². The van der Waals surface area contributed by atoms with E-state index in [9.17, 15) is 4.79 Å². The van der Waals surface area contributed by atoms with Crippen molar-refractivity contribution >= 4 is 6.09 Å². The number of fused-ring (bicyclic) bond motifs is 3. The smallest absolute Gasteiger partial charge is 0.407 e. The van der Waals surface area contributed by atoms with E-state index < -0.39 is 6.09 Å². The molecule has 7 nitrogen and oxygen atoms in total. The van der Waals surface area contributed by atoms with Gasteiger partial charge >= 0.3 is 6.09 Å². The lowest BCUT2D eigenvalue weighted by atomic mass is 9.98. The first-order valence-corrected chi connectivity index (χ1v) is 11.1. The SMILES string of the molecule is CN(C)CCOCCOCCOCCNC(=O)OCC1c2ccccc2-c2ccccc21. The highest BCUT2D eigenvalue weighted by atomic mass is 16.6. The third-order valence-corrected chi connectivity index (χ3v) is 5.29. The number of hydrogen-bond donors (Lipinski definition) is 1. The van der Waals surface area contributed by atoms with Gasteiger partial charge in [-0.15, -0.1) is 0 Å². The maximum absolute atomic E-state index is 12.1. The lowest BCUT2D eigenvalue weighted by Crippen LogP contribution is -2.29. The molecule has 1 aliphatic carbocycles. The molecule has 2 aromatic rings. The maximum atomic E-state index is 12.1. The van der Waals surface area contributed by atoms with Crippen LogP contribution in [0, 0.1) is 0 Å². The van der Waals surface area contributed by atoms with Crippen molar-refractivity contribution in [1.29, 1.82) is 0 Å². The van der Waals surface area contributed by atoms with Crippen LogP contribution < -0.4 is 5.32 Å². The van der Waals surface area contributed by atoms with Gasteiger partial charge in [0.1, 0.15) is 6.61 Å². The Morgan fingerprint density at radius 2 is 1.34 bits per heavy atom. The molecule has 0 heterocycles. The molecule has 1 amide bonds. The van der Waals surface area contributed by atoms with Gasteiger partial charge in [0, 0.05) is 19.0 Å². The topological polar surface area (TPSA) is 69.3 Å². The Balaban J connectivity index is 1.24. The number of likely N-dealkylation sites (N-methyl/N-ethyl adjacent to an activating group) is 1. The Labute approximate surface area is 190 Å². The molecule has 0 unspecified atom stereocenters. The largest absolute Gasteiger partial charge is 0.449 e. The number of nitrogens with one attached hydrogen (secondary N) is 1. The second kappa shape index (κ2) is 13.2. The predicted molar refractivity (Wildman–Crippen MR) is 124 cm³/mol. The minimum Gasteiger partial charge on any atom is -0.449 e. The molecule has 0 radical (unpaired) electrons. The van der Waals surface area contributed by atoms with E-state index in [1.807, 2.05) is 38.4 Å². The lowest BCUT2D eigenvalue weighted by Gasteiger charge is -2.14. The summed E-state index contributed by atoms with van der Waals surface area (Å²) in [6, 6.07) is 16.6. The van der Waals surface area contributed by atoms with Crippen molar-refractivity contribution in [3.05, 3.63) is 59.7 Å². The average molecular weight is 443 g/mol. The van der Waals surface area contributed by atoms with Gasteiger partial charge in [-0.05, 0) is 36.3 Å². The standard InChI is InChI=1S/C25H34N2O5/c1-27(2)12-14-30-16-18-31-17-15-29-13-11-26-25(28)32-19-24-22-9-5-3-7-20(22)21-8-4-6-10-23(21)24/h3-10,24H,11-19H2,1-2H3,(H,26,28). The van der Waals surface area contributed by atoms with Crippen LogP contribution in [0.15, 0.2) is 48.5 Å². The Hall–Kier alpha value is -2.45. The second-order valence-corrected chi connectivity index (χ2v) is 7.89. The molecule has 32 heavy (non-hydrogen) atoms. The normalized spacial score (nSPS) is 12.6. The van der Waals surface area contributed by atoms with E-state index in [2.05, 4.69) is 34.5 Å². The van der Waals surface area contributed by atoms with Gasteiger partial charge < -0.3 is 29.2 Å². The van der Waals surface area contributed by atoms with Crippen LogP contribution in [0.2, 0.25) is 0 Å². The maximum Gasteiger partial charge on any atom is 0.407 e. The van der Waals surface area contributed by atoms with E-state index in [-0.39, 0.29) is 5.92 Å². The summed E-state index contributed by atoms with van der Waals surface area (Å²) in [6.07, 6.45) is -0.429. The Bertz CT molecular complexity index is 797. The molecule has 0 atom stereocenters. The monoisotopic (exact) mass is 442 g/mol. The zero-order chi connectivity index (χ0) is 22.6. The third kappa shape index (κ3) is 7.31. The molecule has 2 aromatic carbocycles. The zero-order valence-corrected chi connectivity index (χ0v) is 19.0. The number of hydrogen-bond acceptors (Lipinski definition) is 6. The van der Waals surface area contributed by atoms with Crippen LogP contribution in [0.1, 0.15) is 17.0 Å². The van der Waals surface area contributed by atoms with Crippen molar-refractivity contribution in [2.45, 2.75) is 5.92 Å². The van der Waals surface area contributed by atoms with E-state index >= 15 is 0 Å². The summed E-state index contributed by atoms with van der Waals surface area (Å²) in [5, 5.41) is 2.74. The molecule has 1 N–H and O–H groups in total. The quantitative estimate of drug-likeness (QED) is 0.454. The second-order valence-electron chi connectivity index (χ2n) is 7.89. The first-order chi connectivity index (χ1) is 15.7. The highest BCUT2D eigenvalue weighted by Crippen LogP contribution is 2.44. The van der Waals surface area contributed by atoms with Crippen LogP contribution in [0.25, 0.3) is 11.1 Å². The number of nitrogens with zero attached hydrogens (tertiary/aromatic N) is 1. The molecule has 0 fully saturated rings. The van der Waals surface area contributed by atoms with Crippen molar-refractivity contribution in [3.63, 3.8) is 0 Å². The number of alkyl carbamates (subject to hydrolysis) is 1. The van der Waals surface area contributed by atoms with Gasteiger partial charge in [-0.25, -0.2) is 4.79 Å². The molecule has 7 heteroatoms. The minimum absolute atomic E-state index is 0.0633. The molecule has 174 valence electrons. The summed E-state index contributed by atoms with van der Waals surface area (Å²) < 4.78 is 21.9. The number of benzene rings is 2.